The smallest absolute Gasteiger partial charge is 0.409 e. The molecule has 0 spiro atoms. The highest BCUT2D eigenvalue weighted by atomic mass is 19.2. The summed E-state index contributed by atoms with van der Waals surface area (Å²) in [5, 5.41) is 9.74. The van der Waals surface area contributed by atoms with Crippen LogP contribution in [0.3, 0.4) is 0 Å². The van der Waals surface area contributed by atoms with E-state index in [0.717, 1.165) is 0 Å². The Labute approximate surface area is 76.1 Å². The molecule has 0 fully saturated rings. The number of nitrogens with one attached hydrogen (secondary N) is 1. The number of amides is 1. The van der Waals surface area contributed by atoms with Crippen molar-refractivity contribution in [1.29, 1.82) is 0 Å². The molecule has 1 aromatic carbocycles. The van der Waals surface area contributed by atoms with Crippen molar-refractivity contribution in [3.05, 3.63) is 23.5 Å². The van der Waals surface area contributed by atoms with Crippen LogP contribution in [-0.4, -0.2) is 11.2 Å². The van der Waals surface area contributed by atoms with Crippen molar-refractivity contribution in [2.45, 2.75) is 0 Å². The minimum atomic E-state index is -1.81. The third-order valence-electron chi connectivity index (χ3n) is 1.42. The molecule has 76 valence electrons. The molecule has 0 aliphatic carbocycles. The van der Waals surface area contributed by atoms with Gasteiger partial charge in [-0.15, -0.1) is 0 Å². The lowest BCUT2D eigenvalue weighted by Gasteiger charge is -2.05. The highest BCUT2D eigenvalue weighted by Gasteiger charge is 2.18. The summed E-state index contributed by atoms with van der Waals surface area (Å²) < 4.78 is 38.0. The molecule has 4 nitrogen and oxygen atoms in total. The van der Waals surface area contributed by atoms with Gasteiger partial charge in [-0.2, -0.15) is 0 Å². The van der Waals surface area contributed by atoms with Gasteiger partial charge in [-0.05, 0) is 6.07 Å². The predicted molar refractivity (Wildman–Crippen MR) is 42.4 cm³/mol. The molecule has 0 aromatic heterocycles. The number of halogens is 3. The van der Waals surface area contributed by atoms with Gasteiger partial charge in [0, 0.05) is 0 Å². The number of benzene rings is 1. The number of anilines is 2. The maximum atomic E-state index is 12.8. The maximum absolute atomic E-state index is 12.8. The summed E-state index contributed by atoms with van der Waals surface area (Å²) in [4.78, 5) is 10.1. The summed E-state index contributed by atoms with van der Waals surface area (Å²) in [6, 6.07) is 0.655. The van der Waals surface area contributed by atoms with Crippen molar-refractivity contribution in [1.82, 2.24) is 0 Å². The van der Waals surface area contributed by atoms with Crippen LogP contribution in [0.4, 0.5) is 29.3 Å². The highest BCUT2D eigenvalue weighted by molar-refractivity contribution is 5.83. The fourth-order valence-electron chi connectivity index (χ4n) is 0.830. The Kier molecular flexibility index (Phi) is 2.50. The van der Waals surface area contributed by atoms with Gasteiger partial charge >= 0.3 is 6.09 Å². The summed E-state index contributed by atoms with van der Waals surface area (Å²) >= 11 is 0. The van der Waals surface area contributed by atoms with Crippen LogP contribution in [0.1, 0.15) is 0 Å². The van der Waals surface area contributed by atoms with Gasteiger partial charge in [0.05, 0.1) is 11.4 Å². The van der Waals surface area contributed by atoms with Crippen LogP contribution < -0.4 is 11.1 Å². The SMILES string of the molecule is Nc1cc(NC(=O)O)c(F)c(F)c1F. The van der Waals surface area contributed by atoms with E-state index >= 15 is 0 Å². The Morgan fingerprint density at radius 1 is 1.29 bits per heavy atom. The number of nitrogens with two attached hydrogens (primary N) is 1. The normalized spacial score (nSPS) is 9.93. The van der Waals surface area contributed by atoms with Gasteiger partial charge in [0.25, 0.3) is 0 Å². The molecule has 0 heterocycles. The first-order valence-corrected chi connectivity index (χ1v) is 3.36. The first kappa shape index (κ1) is 10.2. The van der Waals surface area contributed by atoms with Crippen LogP contribution in [0, 0.1) is 17.5 Å². The molecule has 0 radical (unpaired) electrons. The lowest BCUT2D eigenvalue weighted by atomic mass is 10.2. The van der Waals surface area contributed by atoms with E-state index < -0.39 is 34.9 Å². The van der Waals surface area contributed by atoms with E-state index in [1.165, 1.54) is 5.32 Å². The number of carbonyl (C=O) groups is 1. The summed E-state index contributed by atoms with van der Waals surface area (Å²) in [6.07, 6.45) is -1.60. The summed E-state index contributed by atoms with van der Waals surface area (Å²) in [6.45, 7) is 0. The third kappa shape index (κ3) is 1.70. The fraction of sp³-hybridized carbons (Fsp3) is 0. The van der Waals surface area contributed by atoms with Crippen molar-refractivity contribution in [2.24, 2.45) is 0 Å². The quantitative estimate of drug-likeness (QED) is 0.484. The Morgan fingerprint density at radius 2 is 1.86 bits per heavy atom. The van der Waals surface area contributed by atoms with Gasteiger partial charge in [-0.3, -0.25) is 5.32 Å². The summed E-state index contributed by atoms with van der Waals surface area (Å²) in [5.74, 6) is -4.98. The Morgan fingerprint density at radius 3 is 2.36 bits per heavy atom. The van der Waals surface area contributed by atoms with E-state index in [0.29, 0.717) is 6.07 Å². The zero-order valence-corrected chi connectivity index (χ0v) is 6.64. The predicted octanol–water partition coefficient (Wildman–Crippen LogP) is 1.78. The number of hydrogen-bond acceptors (Lipinski definition) is 2. The molecule has 0 bridgehead atoms. The molecule has 0 atom stereocenters. The van der Waals surface area contributed by atoms with Crippen molar-refractivity contribution in [3.8, 4) is 0 Å². The van der Waals surface area contributed by atoms with E-state index in [2.05, 4.69) is 0 Å². The Balaban J connectivity index is 3.25. The average molecular weight is 206 g/mol. The first-order chi connectivity index (χ1) is 6.43. The maximum Gasteiger partial charge on any atom is 0.409 e. The molecule has 0 aliphatic rings. The standard InChI is InChI=1S/C7H5F3N2O2/c8-4-2(11)1-3(12-7(13)14)5(9)6(4)10/h1,12H,11H2,(H,13,14). The van der Waals surface area contributed by atoms with E-state index in [9.17, 15) is 18.0 Å². The number of hydrogen-bond donors (Lipinski definition) is 3. The topological polar surface area (TPSA) is 75.3 Å². The van der Waals surface area contributed by atoms with Gasteiger partial charge in [0.1, 0.15) is 0 Å². The highest BCUT2D eigenvalue weighted by Crippen LogP contribution is 2.24. The van der Waals surface area contributed by atoms with Crippen LogP contribution in [0.25, 0.3) is 0 Å². The molecule has 0 aliphatic heterocycles. The number of rotatable bonds is 1. The van der Waals surface area contributed by atoms with Gasteiger partial charge < -0.3 is 10.8 Å². The van der Waals surface area contributed by atoms with E-state index in [4.69, 9.17) is 10.8 Å². The molecule has 7 heteroatoms. The molecular weight excluding hydrogens is 201 g/mol. The van der Waals surface area contributed by atoms with Crippen molar-refractivity contribution < 1.29 is 23.1 Å². The van der Waals surface area contributed by atoms with Crippen LogP contribution in [0.5, 0.6) is 0 Å². The molecule has 4 N–H and O–H groups in total. The van der Waals surface area contributed by atoms with Gasteiger partial charge in [-0.25, -0.2) is 18.0 Å². The summed E-state index contributed by atoms with van der Waals surface area (Å²) in [7, 11) is 0. The Bertz CT molecular complexity index is 395. The second kappa shape index (κ2) is 3.44. The lowest BCUT2D eigenvalue weighted by molar-refractivity contribution is 0.209. The molecule has 1 rings (SSSR count). The van der Waals surface area contributed by atoms with Crippen molar-refractivity contribution in [3.63, 3.8) is 0 Å². The second-order valence-corrected chi connectivity index (χ2v) is 2.39. The lowest BCUT2D eigenvalue weighted by Crippen LogP contribution is -2.11. The molecular formula is C7H5F3N2O2. The van der Waals surface area contributed by atoms with E-state index in [1.807, 2.05) is 0 Å². The van der Waals surface area contributed by atoms with Crippen LogP contribution in [-0.2, 0) is 0 Å². The molecule has 0 saturated heterocycles. The minimum Gasteiger partial charge on any atom is -0.465 e. The summed E-state index contributed by atoms with van der Waals surface area (Å²) in [5.41, 5.74) is 3.55. The Hall–Kier alpha value is -1.92. The largest absolute Gasteiger partial charge is 0.465 e. The van der Waals surface area contributed by atoms with Crippen LogP contribution in [0.15, 0.2) is 6.07 Å². The first-order valence-electron chi connectivity index (χ1n) is 3.36. The molecule has 1 amide bonds. The third-order valence-corrected chi connectivity index (χ3v) is 1.42. The minimum absolute atomic E-state index is 0.655. The zero-order valence-electron chi connectivity index (χ0n) is 6.64. The monoisotopic (exact) mass is 206 g/mol. The molecule has 1 aromatic rings. The second-order valence-electron chi connectivity index (χ2n) is 2.39. The fourth-order valence-corrected chi connectivity index (χ4v) is 0.830. The van der Waals surface area contributed by atoms with Gasteiger partial charge in [0.15, 0.2) is 17.5 Å². The molecule has 14 heavy (non-hydrogen) atoms. The molecule has 0 saturated carbocycles. The average Bonchev–Trinajstić information content (AvgIpc) is 2.10. The van der Waals surface area contributed by atoms with Crippen LogP contribution >= 0.6 is 0 Å². The van der Waals surface area contributed by atoms with Gasteiger partial charge in [0.2, 0.25) is 0 Å². The van der Waals surface area contributed by atoms with E-state index in [-0.39, 0.29) is 0 Å². The zero-order chi connectivity index (χ0) is 10.9. The molecule has 0 unspecified atom stereocenters. The van der Waals surface area contributed by atoms with Gasteiger partial charge in [-0.1, -0.05) is 0 Å². The van der Waals surface area contributed by atoms with Crippen molar-refractivity contribution >= 4 is 17.5 Å². The van der Waals surface area contributed by atoms with E-state index in [1.54, 1.807) is 0 Å². The number of nitrogen functional groups attached to an aromatic ring is 1. The van der Waals surface area contributed by atoms with Crippen LogP contribution in [0.2, 0.25) is 0 Å². The van der Waals surface area contributed by atoms with Crippen molar-refractivity contribution in [2.75, 3.05) is 11.1 Å². The number of carboxylic acid groups (broad SMARTS) is 1.